The van der Waals surface area contributed by atoms with E-state index in [-0.39, 0.29) is 0 Å². The highest BCUT2D eigenvalue weighted by molar-refractivity contribution is 6.50. The number of hydrogen-bond donors (Lipinski definition) is 2. The number of nitrogens with zero attached hydrogens (tertiary/aromatic N) is 4. The molecule has 0 bridgehead atoms. The Bertz CT molecular complexity index is 368. The van der Waals surface area contributed by atoms with Gasteiger partial charge in [0.2, 0.25) is 0 Å². The first-order valence-corrected chi connectivity index (χ1v) is 4.31. The Kier molecular flexibility index (Phi) is 2.01. The molecule has 0 radical (unpaired) electrons. The number of nitrogens with two attached hydrogens (primary N) is 1. The standard InChI is InChI=1S/C8H11N5O/c1-5(14)2-8(9)6-7(11-3-10-6)12-4-13-8/h3-5,14H,2,9H2,1H3. The van der Waals surface area contributed by atoms with E-state index >= 15 is 0 Å². The molecule has 2 aliphatic heterocycles. The van der Waals surface area contributed by atoms with Crippen LogP contribution in [0.4, 0.5) is 0 Å². The number of amidine groups is 1. The lowest BCUT2D eigenvalue weighted by molar-refractivity contribution is 0.167. The first kappa shape index (κ1) is 9.17. The fourth-order valence-electron chi connectivity index (χ4n) is 1.51. The average molecular weight is 193 g/mol. The summed E-state index contributed by atoms with van der Waals surface area (Å²) < 4.78 is 0. The predicted octanol–water partition coefficient (Wildman–Crippen LogP) is -0.664. The number of hydrogen-bond acceptors (Lipinski definition) is 6. The average Bonchev–Trinajstić information content (AvgIpc) is 2.51. The van der Waals surface area contributed by atoms with Gasteiger partial charge in [-0.1, -0.05) is 0 Å². The van der Waals surface area contributed by atoms with E-state index in [4.69, 9.17) is 5.73 Å². The lowest BCUT2D eigenvalue weighted by Crippen LogP contribution is -2.52. The maximum atomic E-state index is 9.30. The molecule has 0 saturated heterocycles. The molecule has 0 saturated carbocycles. The molecule has 14 heavy (non-hydrogen) atoms. The third-order valence-corrected chi connectivity index (χ3v) is 2.06. The summed E-state index contributed by atoms with van der Waals surface area (Å²) in [4.78, 5) is 15.9. The van der Waals surface area contributed by atoms with Crippen molar-refractivity contribution < 1.29 is 5.11 Å². The van der Waals surface area contributed by atoms with Crippen LogP contribution in [-0.4, -0.2) is 41.1 Å². The van der Waals surface area contributed by atoms with Gasteiger partial charge >= 0.3 is 0 Å². The molecule has 6 heteroatoms. The second-order valence-corrected chi connectivity index (χ2v) is 3.40. The normalized spacial score (nSPS) is 31.1. The molecule has 2 unspecified atom stereocenters. The highest BCUT2D eigenvalue weighted by Crippen LogP contribution is 2.20. The molecular formula is C8H11N5O. The number of aliphatic hydroxyl groups excluding tert-OH is 1. The van der Waals surface area contributed by atoms with Gasteiger partial charge in [0.25, 0.3) is 0 Å². The highest BCUT2D eigenvalue weighted by atomic mass is 16.3. The SMILES string of the molecule is CC(O)CC1(N)N=CN=C2N=CN=C21. The number of fused-ring (bicyclic) bond motifs is 1. The molecule has 3 N–H and O–H groups in total. The van der Waals surface area contributed by atoms with E-state index in [1.807, 2.05) is 0 Å². The minimum atomic E-state index is -0.984. The minimum absolute atomic E-state index is 0.310. The summed E-state index contributed by atoms with van der Waals surface area (Å²) in [5.41, 5.74) is 5.54. The van der Waals surface area contributed by atoms with E-state index < -0.39 is 11.8 Å². The lowest BCUT2D eigenvalue weighted by atomic mass is 9.97. The van der Waals surface area contributed by atoms with Crippen molar-refractivity contribution in [2.24, 2.45) is 25.7 Å². The Labute approximate surface area is 81.0 Å². The predicted molar refractivity (Wildman–Crippen MR) is 55.1 cm³/mol. The van der Waals surface area contributed by atoms with Crippen LogP contribution < -0.4 is 5.73 Å². The van der Waals surface area contributed by atoms with Crippen LogP contribution in [0.15, 0.2) is 20.0 Å². The molecule has 0 spiro atoms. The molecule has 0 amide bonds. The Balaban J connectivity index is 2.30. The van der Waals surface area contributed by atoms with Crippen molar-refractivity contribution in [1.82, 2.24) is 0 Å². The van der Waals surface area contributed by atoms with Gasteiger partial charge in [-0.2, -0.15) is 0 Å². The van der Waals surface area contributed by atoms with Gasteiger partial charge in [0.1, 0.15) is 18.4 Å². The fraction of sp³-hybridized carbons (Fsp3) is 0.500. The van der Waals surface area contributed by atoms with E-state index in [0.717, 1.165) is 0 Å². The molecule has 74 valence electrons. The van der Waals surface area contributed by atoms with Gasteiger partial charge < -0.3 is 10.8 Å². The van der Waals surface area contributed by atoms with Crippen molar-refractivity contribution >= 4 is 24.2 Å². The van der Waals surface area contributed by atoms with Crippen molar-refractivity contribution in [2.45, 2.75) is 25.1 Å². The van der Waals surface area contributed by atoms with Crippen molar-refractivity contribution in [2.75, 3.05) is 0 Å². The first-order chi connectivity index (χ1) is 6.62. The van der Waals surface area contributed by atoms with Crippen molar-refractivity contribution in [3.05, 3.63) is 0 Å². The number of rotatable bonds is 2. The topological polar surface area (TPSA) is 95.7 Å². The van der Waals surface area contributed by atoms with Crippen molar-refractivity contribution in [1.29, 1.82) is 0 Å². The molecule has 2 atom stereocenters. The third kappa shape index (κ3) is 1.38. The Morgan fingerprint density at radius 2 is 2.29 bits per heavy atom. The van der Waals surface area contributed by atoms with Crippen LogP contribution in [0.2, 0.25) is 0 Å². The second kappa shape index (κ2) is 3.07. The molecular weight excluding hydrogens is 182 g/mol. The molecule has 2 rings (SSSR count). The van der Waals surface area contributed by atoms with Gasteiger partial charge in [0.15, 0.2) is 11.5 Å². The van der Waals surface area contributed by atoms with Crippen LogP contribution in [0.5, 0.6) is 0 Å². The summed E-state index contributed by atoms with van der Waals surface area (Å²) in [7, 11) is 0. The zero-order chi connectivity index (χ0) is 10.2. The molecule has 0 aromatic carbocycles. The van der Waals surface area contributed by atoms with Gasteiger partial charge in [0.05, 0.1) is 6.10 Å². The van der Waals surface area contributed by atoms with Crippen LogP contribution in [0.1, 0.15) is 13.3 Å². The zero-order valence-electron chi connectivity index (χ0n) is 7.75. The van der Waals surface area contributed by atoms with Gasteiger partial charge in [-0.25, -0.2) is 20.0 Å². The maximum Gasteiger partial charge on any atom is 0.180 e. The monoisotopic (exact) mass is 193 g/mol. The molecule has 0 aliphatic carbocycles. The Hall–Kier alpha value is -1.40. The fourth-order valence-corrected chi connectivity index (χ4v) is 1.51. The van der Waals surface area contributed by atoms with E-state index in [1.54, 1.807) is 6.92 Å². The van der Waals surface area contributed by atoms with E-state index in [9.17, 15) is 5.11 Å². The number of aliphatic imine (C=N–C) groups is 4. The maximum absolute atomic E-state index is 9.30. The van der Waals surface area contributed by atoms with Crippen LogP contribution in [0, 0.1) is 0 Å². The molecule has 0 aromatic rings. The molecule has 0 aromatic heterocycles. The highest BCUT2D eigenvalue weighted by Gasteiger charge is 2.38. The van der Waals surface area contributed by atoms with Gasteiger partial charge in [-0.15, -0.1) is 0 Å². The van der Waals surface area contributed by atoms with E-state index in [1.165, 1.54) is 12.7 Å². The summed E-state index contributed by atoms with van der Waals surface area (Å²) in [5.74, 6) is 0.489. The summed E-state index contributed by atoms with van der Waals surface area (Å²) >= 11 is 0. The van der Waals surface area contributed by atoms with Crippen molar-refractivity contribution in [3.63, 3.8) is 0 Å². The molecule has 0 fully saturated rings. The first-order valence-electron chi connectivity index (χ1n) is 4.31. The largest absolute Gasteiger partial charge is 0.393 e. The van der Waals surface area contributed by atoms with Crippen LogP contribution in [0.3, 0.4) is 0 Å². The second-order valence-electron chi connectivity index (χ2n) is 3.40. The zero-order valence-corrected chi connectivity index (χ0v) is 7.75. The minimum Gasteiger partial charge on any atom is -0.393 e. The van der Waals surface area contributed by atoms with Crippen LogP contribution >= 0.6 is 0 Å². The van der Waals surface area contributed by atoms with Crippen LogP contribution in [-0.2, 0) is 0 Å². The molecule has 6 nitrogen and oxygen atoms in total. The van der Waals surface area contributed by atoms with E-state index in [0.29, 0.717) is 18.0 Å². The molecule has 2 heterocycles. The number of aliphatic hydroxyl groups is 1. The van der Waals surface area contributed by atoms with E-state index in [2.05, 4.69) is 20.0 Å². The smallest absolute Gasteiger partial charge is 0.180 e. The van der Waals surface area contributed by atoms with Crippen molar-refractivity contribution in [3.8, 4) is 0 Å². The van der Waals surface area contributed by atoms with Gasteiger partial charge in [0, 0.05) is 6.42 Å². The van der Waals surface area contributed by atoms with Gasteiger partial charge in [-0.3, -0.25) is 0 Å². The molecule has 2 aliphatic rings. The lowest BCUT2D eigenvalue weighted by Gasteiger charge is -2.27. The summed E-state index contributed by atoms with van der Waals surface area (Å²) in [5, 5.41) is 9.30. The van der Waals surface area contributed by atoms with Crippen LogP contribution in [0.25, 0.3) is 0 Å². The third-order valence-electron chi connectivity index (χ3n) is 2.06. The quantitative estimate of drug-likeness (QED) is 0.608. The Morgan fingerprint density at radius 1 is 1.50 bits per heavy atom. The summed E-state index contributed by atoms with van der Waals surface area (Å²) in [6.45, 7) is 1.66. The Morgan fingerprint density at radius 3 is 3.00 bits per heavy atom. The summed E-state index contributed by atoms with van der Waals surface area (Å²) in [6, 6.07) is 0. The summed E-state index contributed by atoms with van der Waals surface area (Å²) in [6.07, 6.45) is 2.52. The van der Waals surface area contributed by atoms with Gasteiger partial charge in [-0.05, 0) is 6.92 Å².